The molecule has 0 saturated carbocycles. The molecule has 0 aliphatic heterocycles. The van der Waals surface area contributed by atoms with Crippen molar-refractivity contribution < 1.29 is 21.6 Å². The van der Waals surface area contributed by atoms with Gasteiger partial charge in [-0.15, -0.1) is 0 Å². The van der Waals surface area contributed by atoms with E-state index in [0.29, 0.717) is 0 Å². The Balaban J connectivity index is 3.12. The highest BCUT2D eigenvalue weighted by molar-refractivity contribution is 7.89. The third-order valence-corrected chi connectivity index (χ3v) is 4.23. The summed E-state index contributed by atoms with van der Waals surface area (Å²) >= 11 is 0. The zero-order valence-electron chi connectivity index (χ0n) is 11.2. The van der Waals surface area contributed by atoms with Crippen LogP contribution in [-0.2, 0) is 16.2 Å². The van der Waals surface area contributed by atoms with Crippen molar-refractivity contribution in [2.75, 3.05) is 13.1 Å². The molecule has 0 spiro atoms. The van der Waals surface area contributed by atoms with Crippen LogP contribution >= 0.6 is 0 Å². The molecule has 0 bridgehead atoms. The second-order valence-electron chi connectivity index (χ2n) is 5.19. The molecule has 1 aromatic carbocycles. The van der Waals surface area contributed by atoms with Crippen molar-refractivity contribution in [3.8, 4) is 0 Å². The van der Waals surface area contributed by atoms with Gasteiger partial charge in [0.15, 0.2) is 0 Å². The van der Waals surface area contributed by atoms with Crippen LogP contribution in [0.2, 0.25) is 0 Å². The minimum absolute atomic E-state index is 0.0436. The summed E-state index contributed by atoms with van der Waals surface area (Å²) in [5.74, 6) is 0. The number of hydrogen-bond donors (Lipinski definition) is 2. The molecule has 0 aromatic heterocycles. The third kappa shape index (κ3) is 4.19. The zero-order chi connectivity index (χ0) is 15.6. The van der Waals surface area contributed by atoms with Crippen molar-refractivity contribution in [2.45, 2.75) is 24.9 Å². The summed E-state index contributed by atoms with van der Waals surface area (Å²) in [6.07, 6.45) is -4.73. The number of nitrogens with two attached hydrogens (primary N) is 1. The van der Waals surface area contributed by atoms with Gasteiger partial charge in [0, 0.05) is 6.54 Å². The van der Waals surface area contributed by atoms with E-state index >= 15 is 0 Å². The fourth-order valence-corrected chi connectivity index (χ4v) is 2.84. The molecule has 0 saturated heterocycles. The summed E-state index contributed by atoms with van der Waals surface area (Å²) in [4.78, 5) is -0.777. The lowest BCUT2D eigenvalue weighted by Gasteiger charge is -2.23. The second kappa shape index (κ2) is 5.71. The summed E-state index contributed by atoms with van der Waals surface area (Å²) in [6.45, 7) is 3.59. The summed E-state index contributed by atoms with van der Waals surface area (Å²) in [7, 11) is -4.24. The third-order valence-electron chi connectivity index (χ3n) is 2.78. The number of nitrogens with one attached hydrogen (secondary N) is 1. The van der Waals surface area contributed by atoms with Gasteiger partial charge in [-0.1, -0.05) is 26.0 Å². The van der Waals surface area contributed by atoms with E-state index in [2.05, 4.69) is 4.72 Å². The van der Waals surface area contributed by atoms with E-state index in [0.717, 1.165) is 18.2 Å². The van der Waals surface area contributed by atoms with Gasteiger partial charge in [-0.3, -0.25) is 0 Å². The van der Waals surface area contributed by atoms with Crippen LogP contribution in [0.3, 0.4) is 0 Å². The SMILES string of the molecule is CC(C)(CN)CNS(=O)(=O)c1ccccc1C(F)(F)F. The van der Waals surface area contributed by atoms with E-state index in [1.165, 1.54) is 6.07 Å². The summed E-state index contributed by atoms with van der Waals surface area (Å²) in [6, 6.07) is 4.06. The number of hydrogen-bond acceptors (Lipinski definition) is 3. The molecule has 0 atom stereocenters. The molecule has 0 radical (unpaired) electrons. The highest BCUT2D eigenvalue weighted by Crippen LogP contribution is 2.33. The van der Waals surface area contributed by atoms with Crippen molar-refractivity contribution in [1.29, 1.82) is 0 Å². The first-order valence-corrected chi connectivity index (χ1v) is 7.34. The van der Waals surface area contributed by atoms with Crippen molar-refractivity contribution in [3.63, 3.8) is 0 Å². The molecule has 8 heteroatoms. The molecule has 1 aromatic rings. The van der Waals surface area contributed by atoms with Gasteiger partial charge in [0.25, 0.3) is 0 Å². The Bertz CT molecular complexity index is 568. The van der Waals surface area contributed by atoms with Crippen LogP contribution < -0.4 is 10.5 Å². The van der Waals surface area contributed by atoms with Crippen LogP contribution in [0.4, 0.5) is 13.2 Å². The molecule has 20 heavy (non-hydrogen) atoms. The van der Waals surface area contributed by atoms with Crippen molar-refractivity contribution in [2.24, 2.45) is 11.1 Å². The Morgan fingerprint density at radius 2 is 1.75 bits per heavy atom. The molecule has 0 aliphatic rings. The molecule has 0 fully saturated rings. The van der Waals surface area contributed by atoms with E-state index in [4.69, 9.17) is 5.73 Å². The predicted octanol–water partition coefficient (Wildman–Crippen LogP) is 1.97. The first-order valence-electron chi connectivity index (χ1n) is 5.85. The summed E-state index contributed by atoms with van der Waals surface area (Å²) < 4.78 is 64.6. The lowest BCUT2D eigenvalue weighted by Crippen LogP contribution is -2.38. The van der Waals surface area contributed by atoms with E-state index in [-0.39, 0.29) is 13.1 Å². The molecule has 3 N–H and O–H groups in total. The first kappa shape index (κ1) is 16.9. The lowest BCUT2D eigenvalue weighted by molar-refractivity contribution is -0.139. The van der Waals surface area contributed by atoms with E-state index in [1.54, 1.807) is 13.8 Å². The van der Waals surface area contributed by atoms with Gasteiger partial charge < -0.3 is 5.73 Å². The minimum atomic E-state index is -4.73. The van der Waals surface area contributed by atoms with Gasteiger partial charge >= 0.3 is 6.18 Å². The Labute approximate surface area is 116 Å². The maximum atomic E-state index is 12.8. The van der Waals surface area contributed by atoms with Crippen LogP contribution in [0, 0.1) is 5.41 Å². The Kier molecular flexibility index (Phi) is 4.83. The molecule has 1 rings (SSSR count). The molecule has 0 aliphatic carbocycles. The number of rotatable bonds is 5. The quantitative estimate of drug-likeness (QED) is 0.873. The maximum Gasteiger partial charge on any atom is 0.417 e. The minimum Gasteiger partial charge on any atom is -0.330 e. The van der Waals surface area contributed by atoms with Gasteiger partial charge in [0.05, 0.1) is 10.5 Å². The monoisotopic (exact) mass is 310 g/mol. The smallest absolute Gasteiger partial charge is 0.330 e. The van der Waals surface area contributed by atoms with Crippen LogP contribution in [-0.4, -0.2) is 21.5 Å². The van der Waals surface area contributed by atoms with E-state index in [9.17, 15) is 21.6 Å². The second-order valence-corrected chi connectivity index (χ2v) is 6.92. The molecular weight excluding hydrogens is 293 g/mol. The predicted molar refractivity (Wildman–Crippen MR) is 69.5 cm³/mol. The van der Waals surface area contributed by atoms with E-state index in [1.807, 2.05) is 0 Å². The van der Waals surface area contributed by atoms with Gasteiger partial charge in [0.1, 0.15) is 0 Å². The molecule has 0 amide bonds. The van der Waals surface area contributed by atoms with E-state index < -0.39 is 32.1 Å². The molecule has 114 valence electrons. The first-order chi connectivity index (χ1) is 8.99. The highest BCUT2D eigenvalue weighted by Gasteiger charge is 2.37. The Morgan fingerprint density at radius 1 is 1.20 bits per heavy atom. The Hall–Kier alpha value is -1.12. The maximum absolute atomic E-state index is 12.8. The van der Waals surface area contributed by atoms with Crippen LogP contribution in [0.1, 0.15) is 19.4 Å². The fraction of sp³-hybridized carbons (Fsp3) is 0.500. The van der Waals surface area contributed by atoms with Crippen molar-refractivity contribution >= 4 is 10.0 Å². The average molecular weight is 310 g/mol. The van der Waals surface area contributed by atoms with Crippen LogP contribution in [0.25, 0.3) is 0 Å². The van der Waals surface area contributed by atoms with Crippen LogP contribution in [0.15, 0.2) is 29.2 Å². The number of sulfonamides is 1. The number of halogens is 3. The van der Waals surface area contributed by atoms with Crippen molar-refractivity contribution in [1.82, 2.24) is 4.72 Å². The summed E-state index contributed by atoms with van der Waals surface area (Å²) in [5.41, 5.74) is 3.73. The molecule has 0 unspecified atom stereocenters. The summed E-state index contributed by atoms with van der Waals surface area (Å²) in [5, 5.41) is 0. The Morgan fingerprint density at radius 3 is 2.25 bits per heavy atom. The largest absolute Gasteiger partial charge is 0.417 e. The van der Waals surface area contributed by atoms with Gasteiger partial charge in [-0.2, -0.15) is 13.2 Å². The highest BCUT2D eigenvalue weighted by atomic mass is 32.2. The van der Waals surface area contributed by atoms with Gasteiger partial charge in [0.2, 0.25) is 10.0 Å². The number of alkyl halides is 3. The molecule has 4 nitrogen and oxygen atoms in total. The molecular formula is C12H17F3N2O2S. The lowest BCUT2D eigenvalue weighted by atomic mass is 9.95. The zero-order valence-corrected chi connectivity index (χ0v) is 12.0. The topological polar surface area (TPSA) is 72.2 Å². The standard InChI is InChI=1S/C12H17F3N2O2S/c1-11(2,7-16)8-17-20(18,19)10-6-4-3-5-9(10)12(13,14)15/h3-6,17H,7-8,16H2,1-2H3. The number of benzene rings is 1. The van der Waals surface area contributed by atoms with Crippen molar-refractivity contribution in [3.05, 3.63) is 29.8 Å². The normalized spacial score (nSPS) is 13.5. The van der Waals surface area contributed by atoms with Gasteiger partial charge in [-0.25, -0.2) is 13.1 Å². The van der Waals surface area contributed by atoms with Crippen LogP contribution in [0.5, 0.6) is 0 Å². The molecule has 0 heterocycles. The van der Waals surface area contributed by atoms with Gasteiger partial charge in [-0.05, 0) is 24.1 Å². The fourth-order valence-electron chi connectivity index (χ4n) is 1.38. The average Bonchev–Trinajstić information content (AvgIpc) is 2.36.